The normalized spacial score (nSPS) is 18.1. The maximum Gasteiger partial charge on any atom is 0.295 e. The van der Waals surface area contributed by atoms with E-state index in [1.807, 2.05) is 57.1 Å². The maximum absolute atomic E-state index is 13.1. The summed E-state index contributed by atoms with van der Waals surface area (Å²) in [4.78, 5) is 29.6. The molecule has 0 saturated carbocycles. The van der Waals surface area contributed by atoms with Crippen molar-refractivity contribution in [2.24, 2.45) is 0 Å². The molecule has 0 bridgehead atoms. The number of carbonyl (C=O) groups is 2. The Morgan fingerprint density at radius 2 is 1.84 bits per heavy atom. The van der Waals surface area contributed by atoms with Gasteiger partial charge in [-0.3, -0.25) is 9.59 Å². The van der Waals surface area contributed by atoms with Crippen molar-refractivity contribution < 1.29 is 19.4 Å². The molecule has 170 valence electrons. The SMILES string of the molecule is CC(C)Oc1ccc(C(O)=C2C(=O)C(=O)N(CCCN(C)C)[C@H]2c2cccc(Br)c2)cc1. The maximum atomic E-state index is 13.1. The first kappa shape index (κ1) is 24.0. The number of ether oxygens (including phenoxy) is 1. The van der Waals surface area contributed by atoms with Crippen molar-refractivity contribution in [3.05, 3.63) is 69.7 Å². The summed E-state index contributed by atoms with van der Waals surface area (Å²) in [6.45, 7) is 5.07. The first-order valence-electron chi connectivity index (χ1n) is 10.6. The Morgan fingerprint density at radius 3 is 2.44 bits per heavy atom. The molecular weight excluding hydrogens is 472 g/mol. The molecule has 7 heteroatoms. The Morgan fingerprint density at radius 1 is 1.16 bits per heavy atom. The van der Waals surface area contributed by atoms with Crippen LogP contribution in [0.1, 0.15) is 37.4 Å². The zero-order chi connectivity index (χ0) is 23.4. The topological polar surface area (TPSA) is 70.1 Å². The standard InChI is InChI=1S/C25H29BrN2O4/c1-16(2)32-20-11-9-17(10-12-20)23(29)21-22(18-7-5-8-19(26)15-18)28(25(31)24(21)30)14-6-13-27(3)4/h5,7-12,15-16,22,29H,6,13-14H2,1-4H3/t22-/m0/s1. The Hall–Kier alpha value is -2.64. The average molecular weight is 501 g/mol. The van der Waals surface area contributed by atoms with Crippen molar-refractivity contribution in [1.29, 1.82) is 0 Å². The number of ketones is 1. The summed E-state index contributed by atoms with van der Waals surface area (Å²) in [7, 11) is 3.93. The molecule has 1 aliphatic rings. The number of likely N-dealkylation sites (tertiary alicyclic amines) is 1. The fraction of sp³-hybridized carbons (Fsp3) is 0.360. The zero-order valence-corrected chi connectivity index (χ0v) is 20.4. The van der Waals surface area contributed by atoms with E-state index in [1.165, 1.54) is 0 Å². The van der Waals surface area contributed by atoms with Gasteiger partial charge in [-0.1, -0.05) is 28.1 Å². The van der Waals surface area contributed by atoms with E-state index in [9.17, 15) is 14.7 Å². The summed E-state index contributed by atoms with van der Waals surface area (Å²) in [5, 5.41) is 11.1. The van der Waals surface area contributed by atoms with Crippen LogP contribution in [-0.4, -0.2) is 59.9 Å². The first-order valence-corrected chi connectivity index (χ1v) is 11.4. The Balaban J connectivity index is 2.04. The molecule has 0 aromatic heterocycles. The van der Waals surface area contributed by atoms with Crippen LogP contribution in [-0.2, 0) is 9.59 Å². The molecule has 0 aliphatic carbocycles. The quantitative estimate of drug-likeness (QED) is 0.325. The van der Waals surface area contributed by atoms with E-state index in [-0.39, 0.29) is 17.4 Å². The van der Waals surface area contributed by atoms with Gasteiger partial charge >= 0.3 is 0 Å². The van der Waals surface area contributed by atoms with Gasteiger partial charge in [-0.25, -0.2) is 0 Å². The van der Waals surface area contributed by atoms with Crippen molar-refractivity contribution in [3.63, 3.8) is 0 Å². The highest BCUT2D eigenvalue weighted by atomic mass is 79.9. The van der Waals surface area contributed by atoms with E-state index in [2.05, 4.69) is 15.9 Å². The molecule has 1 atom stereocenters. The highest BCUT2D eigenvalue weighted by Crippen LogP contribution is 2.40. The first-order chi connectivity index (χ1) is 15.2. The predicted molar refractivity (Wildman–Crippen MR) is 129 cm³/mol. The number of hydrogen-bond acceptors (Lipinski definition) is 5. The molecule has 1 amide bonds. The smallest absolute Gasteiger partial charge is 0.295 e. The van der Waals surface area contributed by atoms with Gasteiger partial charge in [0.15, 0.2) is 0 Å². The van der Waals surface area contributed by atoms with E-state index < -0.39 is 17.7 Å². The number of aliphatic hydroxyl groups is 1. The van der Waals surface area contributed by atoms with Crippen molar-refractivity contribution in [2.75, 3.05) is 27.2 Å². The summed E-state index contributed by atoms with van der Waals surface area (Å²) >= 11 is 3.47. The highest BCUT2D eigenvalue weighted by Gasteiger charge is 2.45. The van der Waals surface area contributed by atoms with Gasteiger partial charge in [0, 0.05) is 16.6 Å². The van der Waals surface area contributed by atoms with E-state index >= 15 is 0 Å². The summed E-state index contributed by atoms with van der Waals surface area (Å²) in [6, 6.07) is 13.7. The van der Waals surface area contributed by atoms with Gasteiger partial charge in [0.2, 0.25) is 0 Å². The van der Waals surface area contributed by atoms with Crippen LogP contribution in [0.4, 0.5) is 0 Å². The lowest BCUT2D eigenvalue weighted by atomic mass is 9.95. The lowest BCUT2D eigenvalue weighted by Crippen LogP contribution is -2.32. The Kier molecular flexibility index (Phi) is 7.74. The van der Waals surface area contributed by atoms with Gasteiger partial charge in [0.1, 0.15) is 11.5 Å². The number of halogens is 1. The Labute approximate surface area is 197 Å². The van der Waals surface area contributed by atoms with Crippen LogP contribution in [0.3, 0.4) is 0 Å². The van der Waals surface area contributed by atoms with Gasteiger partial charge in [-0.15, -0.1) is 0 Å². The summed E-state index contributed by atoms with van der Waals surface area (Å²) in [6.07, 6.45) is 0.740. The highest BCUT2D eigenvalue weighted by molar-refractivity contribution is 9.10. The van der Waals surface area contributed by atoms with E-state index in [0.717, 1.165) is 16.6 Å². The van der Waals surface area contributed by atoms with Crippen LogP contribution in [0.25, 0.3) is 5.76 Å². The molecule has 6 nitrogen and oxygen atoms in total. The molecule has 1 N–H and O–H groups in total. The summed E-state index contributed by atoms with van der Waals surface area (Å²) in [5.41, 5.74) is 1.34. The number of hydrogen-bond donors (Lipinski definition) is 1. The number of nitrogens with zero attached hydrogens (tertiary/aromatic N) is 2. The molecule has 32 heavy (non-hydrogen) atoms. The molecule has 1 heterocycles. The predicted octanol–water partition coefficient (Wildman–Crippen LogP) is 4.61. The lowest BCUT2D eigenvalue weighted by Gasteiger charge is -2.26. The van der Waals surface area contributed by atoms with Gasteiger partial charge in [-0.05, 0) is 82.9 Å². The van der Waals surface area contributed by atoms with E-state index in [1.54, 1.807) is 29.2 Å². The molecular formula is C25H29BrN2O4. The molecule has 0 radical (unpaired) electrons. The largest absolute Gasteiger partial charge is 0.507 e. The summed E-state index contributed by atoms with van der Waals surface area (Å²) in [5.74, 6) is -0.765. The van der Waals surface area contributed by atoms with Crippen LogP contribution >= 0.6 is 15.9 Å². The van der Waals surface area contributed by atoms with Crippen molar-refractivity contribution >= 4 is 33.4 Å². The molecule has 0 unspecified atom stereocenters. The second-order valence-electron chi connectivity index (χ2n) is 8.40. The number of aliphatic hydroxyl groups excluding tert-OH is 1. The molecule has 0 spiro atoms. The fourth-order valence-corrected chi connectivity index (χ4v) is 4.23. The van der Waals surface area contributed by atoms with Crippen molar-refractivity contribution in [3.8, 4) is 5.75 Å². The second-order valence-corrected chi connectivity index (χ2v) is 9.31. The number of rotatable bonds is 8. The van der Waals surface area contributed by atoms with Crippen LogP contribution in [0, 0.1) is 0 Å². The van der Waals surface area contributed by atoms with Crippen molar-refractivity contribution in [2.45, 2.75) is 32.4 Å². The van der Waals surface area contributed by atoms with E-state index in [4.69, 9.17) is 4.74 Å². The minimum Gasteiger partial charge on any atom is -0.507 e. The molecule has 1 aliphatic heterocycles. The monoisotopic (exact) mass is 500 g/mol. The van der Waals surface area contributed by atoms with Crippen LogP contribution in [0.2, 0.25) is 0 Å². The summed E-state index contributed by atoms with van der Waals surface area (Å²) < 4.78 is 6.50. The Bertz CT molecular complexity index is 1010. The van der Waals surface area contributed by atoms with Gasteiger partial charge < -0.3 is 19.6 Å². The molecule has 1 saturated heterocycles. The second kappa shape index (κ2) is 10.3. The third kappa shape index (κ3) is 5.40. The minimum atomic E-state index is -0.667. The van der Waals surface area contributed by atoms with Gasteiger partial charge in [-0.2, -0.15) is 0 Å². The van der Waals surface area contributed by atoms with Crippen LogP contribution < -0.4 is 4.74 Å². The lowest BCUT2D eigenvalue weighted by molar-refractivity contribution is -0.139. The fourth-order valence-electron chi connectivity index (χ4n) is 3.81. The van der Waals surface area contributed by atoms with Crippen LogP contribution in [0.5, 0.6) is 5.75 Å². The van der Waals surface area contributed by atoms with E-state index in [0.29, 0.717) is 24.3 Å². The number of benzene rings is 2. The average Bonchev–Trinajstić information content (AvgIpc) is 2.98. The van der Waals surface area contributed by atoms with Crippen LogP contribution in [0.15, 0.2) is 58.6 Å². The molecule has 1 fully saturated rings. The number of carbonyl (C=O) groups excluding carboxylic acids is 2. The minimum absolute atomic E-state index is 0.0264. The molecule has 3 rings (SSSR count). The number of amides is 1. The third-order valence-corrected chi connectivity index (χ3v) is 5.70. The molecule has 2 aromatic rings. The zero-order valence-electron chi connectivity index (χ0n) is 18.8. The van der Waals surface area contributed by atoms with Crippen molar-refractivity contribution in [1.82, 2.24) is 9.80 Å². The molecule has 2 aromatic carbocycles. The van der Waals surface area contributed by atoms with Gasteiger partial charge in [0.25, 0.3) is 11.7 Å². The number of Topliss-reactive ketones (excluding diaryl/α,β-unsaturated/α-hetero) is 1. The third-order valence-electron chi connectivity index (χ3n) is 5.21. The van der Waals surface area contributed by atoms with Gasteiger partial charge in [0.05, 0.1) is 17.7 Å².